The molecular formula is C27H27N5O2S. The van der Waals surface area contributed by atoms with Gasteiger partial charge in [0.1, 0.15) is 0 Å². The molecule has 0 spiro atoms. The topological polar surface area (TPSA) is 81.3 Å². The van der Waals surface area contributed by atoms with Crippen molar-refractivity contribution in [1.82, 2.24) is 19.2 Å². The van der Waals surface area contributed by atoms with Gasteiger partial charge in [-0.2, -0.15) is 0 Å². The van der Waals surface area contributed by atoms with Gasteiger partial charge in [-0.1, -0.05) is 68.1 Å². The molecule has 0 aliphatic rings. The number of carbonyl (C=O) groups is 1. The molecule has 0 radical (unpaired) electrons. The number of hydrogen-bond donors (Lipinski definition) is 1. The molecule has 3 aromatic carbocycles. The number of nitrogens with one attached hydrogen (secondary N) is 1. The second-order valence-electron chi connectivity index (χ2n) is 9.09. The molecule has 1 N–H and O–H groups in total. The molecule has 0 saturated heterocycles. The summed E-state index contributed by atoms with van der Waals surface area (Å²) in [4.78, 5) is 26.2. The van der Waals surface area contributed by atoms with E-state index in [4.69, 9.17) is 0 Å². The van der Waals surface area contributed by atoms with Gasteiger partial charge >= 0.3 is 0 Å². The maximum atomic E-state index is 13.2. The van der Waals surface area contributed by atoms with Crippen LogP contribution in [0.2, 0.25) is 0 Å². The Labute approximate surface area is 207 Å². The Bertz CT molecular complexity index is 1600. The first-order chi connectivity index (χ1) is 16.9. The molecule has 5 rings (SSSR count). The molecule has 178 valence electrons. The van der Waals surface area contributed by atoms with Crippen LogP contribution in [0, 0.1) is 5.92 Å². The van der Waals surface area contributed by atoms with Crippen LogP contribution in [0.5, 0.6) is 0 Å². The number of fused-ring (bicyclic) bond motifs is 4. The lowest BCUT2D eigenvalue weighted by atomic mass is 10.1. The average molecular weight is 486 g/mol. The average Bonchev–Trinajstić information content (AvgIpc) is 3.27. The maximum absolute atomic E-state index is 13.2. The number of aryl methyl sites for hydroxylation is 1. The summed E-state index contributed by atoms with van der Waals surface area (Å²) >= 11 is 1.33. The van der Waals surface area contributed by atoms with E-state index < -0.39 is 5.25 Å². The second-order valence-corrected chi connectivity index (χ2v) is 10.4. The van der Waals surface area contributed by atoms with Crippen molar-refractivity contribution in [2.24, 2.45) is 5.92 Å². The minimum Gasteiger partial charge on any atom is -0.325 e. The zero-order chi connectivity index (χ0) is 24.5. The van der Waals surface area contributed by atoms with Gasteiger partial charge in [-0.3, -0.25) is 18.6 Å². The molecule has 0 aliphatic carbocycles. The number of nitrogens with zero attached hydrogens (tertiary/aromatic N) is 4. The Morgan fingerprint density at radius 2 is 1.71 bits per heavy atom. The Hall–Kier alpha value is -3.65. The maximum Gasteiger partial charge on any atom is 0.262 e. The summed E-state index contributed by atoms with van der Waals surface area (Å²) in [5.41, 5.74) is 1.42. The molecule has 35 heavy (non-hydrogen) atoms. The van der Waals surface area contributed by atoms with Crippen LogP contribution in [0.3, 0.4) is 0 Å². The normalized spacial score (nSPS) is 12.6. The Morgan fingerprint density at radius 1 is 0.971 bits per heavy atom. The van der Waals surface area contributed by atoms with Gasteiger partial charge in [0.15, 0.2) is 5.16 Å². The van der Waals surface area contributed by atoms with Gasteiger partial charge in [0.2, 0.25) is 11.7 Å². The van der Waals surface area contributed by atoms with Crippen LogP contribution < -0.4 is 10.9 Å². The van der Waals surface area contributed by atoms with Crippen molar-refractivity contribution in [2.45, 2.75) is 44.1 Å². The lowest BCUT2D eigenvalue weighted by Crippen LogP contribution is -2.25. The second kappa shape index (κ2) is 9.54. The smallest absolute Gasteiger partial charge is 0.262 e. The van der Waals surface area contributed by atoms with Gasteiger partial charge in [-0.25, -0.2) is 0 Å². The van der Waals surface area contributed by atoms with Gasteiger partial charge in [0, 0.05) is 12.2 Å². The van der Waals surface area contributed by atoms with Crippen molar-refractivity contribution >= 4 is 50.8 Å². The Balaban J connectivity index is 1.46. The van der Waals surface area contributed by atoms with Crippen molar-refractivity contribution in [2.75, 3.05) is 5.32 Å². The van der Waals surface area contributed by atoms with Crippen LogP contribution in [0.25, 0.3) is 27.5 Å². The molecule has 0 fully saturated rings. The Morgan fingerprint density at radius 3 is 2.51 bits per heavy atom. The molecule has 1 unspecified atom stereocenters. The Kier molecular flexibility index (Phi) is 6.30. The van der Waals surface area contributed by atoms with E-state index in [2.05, 4.69) is 29.4 Å². The molecule has 0 bridgehead atoms. The minimum atomic E-state index is -0.427. The van der Waals surface area contributed by atoms with Crippen molar-refractivity contribution in [3.05, 3.63) is 77.1 Å². The molecule has 2 heterocycles. The van der Waals surface area contributed by atoms with Gasteiger partial charge in [-0.15, -0.1) is 10.2 Å². The SMILES string of the molecule is CC(C)CCn1c(=O)c2ccccc2n2c(SC(C)C(=O)Nc3ccc4ccccc4c3)nnc12. The lowest BCUT2D eigenvalue weighted by Gasteiger charge is -2.14. The molecule has 7 nitrogen and oxygen atoms in total. The van der Waals surface area contributed by atoms with Crippen molar-refractivity contribution in [1.29, 1.82) is 0 Å². The van der Waals surface area contributed by atoms with E-state index in [-0.39, 0.29) is 11.5 Å². The highest BCUT2D eigenvalue weighted by Crippen LogP contribution is 2.27. The predicted molar refractivity (Wildman–Crippen MR) is 142 cm³/mol. The highest BCUT2D eigenvalue weighted by Gasteiger charge is 2.22. The molecule has 5 aromatic rings. The number of thioether (sulfide) groups is 1. The molecule has 0 saturated carbocycles. The molecule has 8 heteroatoms. The zero-order valence-corrected chi connectivity index (χ0v) is 20.7. The third-order valence-corrected chi connectivity index (χ3v) is 7.12. The summed E-state index contributed by atoms with van der Waals surface area (Å²) in [5, 5.41) is 14.7. The molecule has 1 atom stereocenters. The molecular weight excluding hydrogens is 458 g/mol. The van der Waals surface area contributed by atoms with E-state index in [0.717, 1.165) is 28.4 Å². The fourth-order valence-electron chi connectivity index (χ4n) is 4.12. The van der Waals surface area contributed by atoms with Crippen molar-refractivity contribution < 1.29 is 4.79 Å². The van der Waals surface area contributed by atoms with Gasteiger partial charge < -0.3 is 5.32 Å². The summed E-state index contributed by atoms with van der Waals surface area (Å²) in [6.45, 7) is 6.67. The number of benzene rings is 3. The summed E-state index contributed by atoms with van der Waals surface area (Å²) < 4.78 is 3.58. The number of aromatic nitrogens is 4. The molecule has 0 aliphatic heterocycles. The summed E-state index contributed by atoms with van der Waals surface area (Å²) in [5.74, 6) is 0.822. The molecule has 1 amide bonds. The van der Waals surface area contributed by atoms with E-state index >= 15 is 0 Å². The lowest BCUT2D eigenvalue weighted by molar-refractivity contribution is -0.115. The quantitative estimate of drug-likeness (QED) is 0.314. The van der Waals surface area contributed by atoms with Crippen molar-refractivity contribution in [3.8, 4) is 0 Å². The fraction of sp³-hybridized carbons (Fsp3) is 0.259. The third-order valence-electron chi connectivity index (χ3n) is 6.08. The van der Waals surface area contributed by atoms with Gasteiger partial charge in [0.05, 0.1) is 16.2 Å². The van der Waals surface area contributed by atoms with E-state index in [1.807, 2.05) is 78.1 Å². The number of rotatable bonds is 7. The third kappa shape index (κ3) is 4.53. The minimum absolute atomic E-state index is 0.0696. The first-order valence-electron chi connectivity index (χ1n) is 11.8. The zero-order valence-electron chi connectivity index (χ0n) is 19.9. The monoisotopic (exact) mass is 485 g/mol. The van der Waals surface area contributed by atoms with Crippen LogP contribution in [-0.4, -0.2) is 30.3 Å². The van der Waals surface area contributed by atoms with E-state index in [0.29, 0.717) is 28.8 Å². The van der Waals surface area contributed by atoms with Gasteiger partial charge in [0.25, 0.3) is 5.56 Å². The van der Waals surface area contributed by atoms with Crippen LogP contribution in [0.1, 0.15) is 27.2 Å². The first kappa shape index (κ1) is 23.1. The number of para-hydroxylation sites is 1. The van der Waals surface area contributed by atoms with Crippen LogP contribution in [-0.2, 0) is 11.3 Å². The summed E-state index contributed by atoms with van der Waals surface area (Å²) in [7, 11) is 0. The highest BCUT2D eigenvalue weighted by atomic mass is 32.2. The number of hydrogen-bond acceptors (Lipinski definition) is 5. The molecule has 2 aromatic heterocycles. The van der Waals surface area contributed by atoms with E-state index in [1.165, 1.54) is 11.8 Å². The van der Waals surface area contributed by atoms with Crippen molar-refractivity contribution in [3.63, 3.8) is 0 Å². The predicted octanol–water partition coefficient (Wildman–Crippen LogP) is 5.36. The summed E-state index contributed by atoms with van der Waals surface area (Å²) in [6, 6.07) is 21.4. The van der Waals surface area contributed by atoms with E-state index in [1.54, 1.807) is 4.57 Å². The highest BCUT2D eigenvalue weighted by molar-refractivity contribution is 8.00. The largest absolute Gasteiger partial charge is 0.325 e. The number of carbonyl (C=O) groups excluding carboxylic acids is 1. The number of anilines is 1. The van der Waals surface area contributed by atoms with Crippen LogP contribution in [0.4, 0.5) is 5.69 Å². The van der Waals surface area contributed by atoms with E-state index in [9.17, 15) is 9.59 Å². The summed E-state index contributed by atoms with van der Waals surface area (Å²) in [6.07, 6.45) is 0.855. The first-order valence-corrected chi connectivity index (χ1v) is 12.6. The van der Waals surface area contributed by atoms with Gasteiger partial charge in [-0.05, 0) is 54.3 Å². The fourth-order valence-corrected chi connectivity index (χ4v) is 4.98. The van der Waals surface area contributed by atoms with Crippen LogP contribution >= 0.6 is 11.8 Å². The van der Waals surface area contributed by atoms with Crippen LogP contribution in [0.15, 0.2) is 76.7 Å². The number of amides is 1. The standard InChI is InChI=1S/C27H27N5O2S/c1-17(2)14-15-31-25(34)22-10-6-7-11-23(22)32-26(31)29-30-27(32)35-18(3)24(33)28-21-13-12-19-8-4-5-9-20(19)16-21/h4-13,16-18H,14-15H2,1-3H3,(H,28,33).